The molecule has 2 rings (SSSR count). The molecule has 2 aliphatic carbocycles. The van der Waals surface area contributed by atoms with Gasteiger partial charge in [0, 0.05) is 25.7 Å². The van der Waals surface area contributed by atoms with Gasteiger partial charge in [-0.15, -0.1) is 0 Å². The minimum atomic E-state index is -1.50. The lowest BCUT2D eigenvalue weighted by Crippen LogP contribution is -2.30. The Bertz CT molecular complexity index is 495. The average molecular weight is 328 g/mol. The molecule has 0 saturated heterocycles. The van der Waals surface area contributed by atoms with Crippen LogP contribution < -0.4 is 0 Å². The summed E-state index contributed by atoms with van der Waals surface area (Å²) in [6.07, 6.45) is -5.79. The summed E-state index contributed by atoms with van der Waals surface area (Å²) in [5.74, 6) is -2.15. The molecule has 0 aromatic heterocycles. The predicted octanol–water partition coefficient (Wildman–Crippen LogP) is -0.149. The molecule has 2 aliphatic rings. The van der Waals surface area contributed by atoms with Gasteiger partial charge in [-0.05, 0) is 0 Å². The zero-order valence-corrected chi connectivity index (χ0v) is 11.8. The number of Topliss-reactive ketones (excluding diaryl/α,β-unsaturated/α-hetero) is 4. The van der Waals surface area contributed by atoms with Crippen molar-refractivity contribution in [2.75, 3.05) is 6.79 Å². The highest BCUT2D eigenvalue weighted by molar-refractivity contribution is 6.12. The van der Waals surface area contributed by atoms with E-state index in [4.69, 9.17) is 0 Å². The molecule has 2 saturated carbocycles. The normalized spacial score (nSPS) is 19.1. The van der Waals surface area contributed by atoms with Gasteiger partial charge in [0.05, 0.1) is 0 Å². The summed E-state index contributed by atoms with van der Waals surface area (Å²) in [5, 5.41) is 0. The van der Waals surface area contributed by atoms with Crippen LogP contribution in [0.25, 0.3) is 0 Å². The van der Waals surface area contributed by atoms with E-state index >= 15 is 0 Å². The van der Waals surface area contributed by atoms with Gasteiger partial charge in [0.15, 0.2) is 23.1 Å². The third kappa shape index (κ3) is 4.11. The number of carbonyl (C=O) groups is 6. The van der Waals surface area contributed by atoms with Crippen LogP contribution in [0.4, 0.5) is 9.59 Å². The second-order valence-electron chi connectivity index (χ2n) is 4.77. The van der Waals surface area contributed by atoms with Crippen molar-refractivity contribution in [3.63, 3.8) is 0 Å². The Morgan fingerprint density at radius 2 is 1.00 bits per heavy atom. The van der Waals surface area contributed by atoms with Crippen molar-refractivity contribution < 1.29 is 47.7 Å². The van der Waals surface area contributed by atoms with Crippen LogP contribution in [-0.4, -0.2) is 54.4 Å². The Hall–Kier alpha value is -2.78. The second kappa shape index (κ2) is 6.99. The molecule has 0 bridgehead atoms. The highest BCUT2D eigenvalue weighted by Gasteiger charge is 2.38. The van der Waals surface area contributed by atoms with Crippen LogP contribution in [0.3, 0.4) is 0 Å². The lowest BCUT2D eigenvalue weighted by molar-refractivity contribution is -0.137. The Labute approximate surface area is 129 Å². The summed E-state index contributed by atoms with van der Waals surface area (Å²) in [4.78, 5) is 67.4. The van der Waals surface area contributed by atoms with E-state index in [1.54, 1.807) is 0 Å². The molecule has 2 fully saturated rings. The molecule has 0 atom stereocenters. The molecule has 23 heavy (non-hydrogen) atoms. The van der Waals surface area contributed by atoms with E-state index in [1.807, 2.05) is 0 Å². The smallest absolute Gasteiger partial charge is 0.415 e. The van der Waals surface area contributed by atoms with E-state index < -0.39 is 54.4 Å². The van der Waals surface area contributed by atoms with Crippen molar-refractivity contribution in [1.82, 2.24) is 0 Å². The van der Waals surface area contributed by atoms with Crippen LogP contribution in [0, 0.1) is 0 Å². The number of rotatable bonds is 4. The van der Waals surface area contributed by atoms with Crippen LogP contribution in [0.5, 0.6) is 0 Å². The summed E-state index contributed by atoms with van der Waals surface area (Å²) in [7, 11) is 0. The summed E-state index contributed by atoms with van der Waals surface area (Å²) in [6.45, 7) is -0.929. The number of ketones is 4. The molecule has 0 heterocycles. The van der Waals surface area contributed by atoms with Crippen LogP contribution in [0.2, 0.25) is 0 Å². The molecule has 0 spiro atoms. The van der Waals surface area contributed by atoms with Gasteiger partial charge in [-0.2, -0.15) is 0 Å². The Kier molecular flexibility index (Phi) is 5.04. The first kappa shape index (κ1) is 16.6. The van der Waals surface area contributed by atoms with Gasteiger partial charge in [0.2, 0.25) is 19.0 Å². The van der Waals surface area contributed by atoms with Gasteiger partial charge in [0.1, 0.15) is 0 Å². The number of hydrogen-bond acceptors (Lipinski definition) is 10. The van der Waals surface area contributed by atoms with Gasteiger partial charge < -0.3 is 18.9 Å². The minimum absolute atomic E-state index is 0.0109. The first-order valence-electron chi connectivity index (χ1n) is 6.66. The first-order chi connectivity index (χ1) is 10.9. The van der Waals surface area contributed by atoms with Crippen molar-refractivity contribution in [2.45, 2.75) is 37.9 Å². The standard InChI is InChI=1S/C13H12O10/c14-6-1-2-7(15)10(6)22-12(18)20-5-21-13(19)23-11-8(16)3-4-9(11)17/h10-11H,1-5H2. The first-order valence-corrected chi connectivity index (χ1v) is 6.66. The maximum Gasteiger partial charge on any atom is 0.512 e. The van der Waals surface area contributed by atoms with E-state index in [0.717, 1.165) is 0 Å². The van der Waals surface area contributed by atoms with Gasteiger partial charge in [-0.25, -0.2) is 9.59 Å². The predicted molar refractivity (Wildman–Crippen MR) is 66.1 cm³/mol. The topological polar surface area (TPSA) is 139 Å². The Morgan fingerprint density at radius 3 is 1.30 bits per heavy atom. The quantitative estimate of drug-likeness (QED) is 0.389. The van der Waals surface area contributed by atoms with Crippen molar-refractivity contribution in [3.05, 3.63) is 0 Å². The molecule has 0 aromatic rings. The summed E-state index contributed by atoms with van der Waals surface area (Å²) in [5.41, 5.74) is 0. The van der Waals surface area contributed by atoms with E-state index in [1.165, 1.54) is 0 Å². The lowest BCUT2D eigenvalue weighted by Gasteiger charge is -2.11. The van der Waals surface area contributed by atoms with Crippen molar-refractivity contribution >= 4 is 35.4 Å². The highest BCUT2D eigenvalue weighted by Crippen LogP contribution is 2.16. The van der Waals surface area contributed by atoms with Gasteiger partial charge in [0.25, 0.3) is 0 Å². The molecule has 10 nitrogen and oxygen atoms in total. The maximum absolute atomic E-state index is 11.2. The molecule has 0 unspecified atom stereocenters. The van der Waals surface area contributed by atoms with Crippen molar-refractivity contribution in [3.8, 4) is 0 Å². The van der Waals surface area contributed by atoms with Crippen LogP contribution in [0.1, 0.15) is 25.7 Å². The third-order valence-corrected chi connectivity index (χ3v) is 3.19. The largest absolute Gasteiger partial charge is 0.512 e. The Balaban J connectivity index is 1.68. The van der Waals surface area contributed by atoms with Gasteiger partial charge >= 0.3 is 12.3 Å². The van der Waals surface area contributed by atoms with E-state index in [2.05, 4.69) is 18.9 Å². The van der Waals surface area contributed by atoms with Crippen molar-refractivity contribution in [1.29, 1.82) is 0 Å². The fourth-order valence-electron chi connectivity index (χ4n) is 2.03. The SMILES string of the molecule is O=C(OCOC(=O)OC1C(=O)CCC1=O)OC1C(=O)CCC1=O. The average Bonchev–Trinajstić information content (AvgIpc) is 2.97. The maximum atomic E-state index is 11.2. The number of ether oxygens (including phenoxy) is 4. The number of carbonyl (C=O) groups excluding carboxylic acids is 6. The van der Waals surface area contributed by atoms with Crippen LogP contribution in [-0.2, 0) is 38.1 Å². The second-order valence-corrected chi connectivity index (χ2v) is 4.77. The van der Waals surface area contributed by atoms with E-state index in [-0.39, 0.29) is 25.7 Å². The third-order valence-electron chi connectivity index (χ3n) is 3.19. The minimum Gasteiger partial charge on any atom is -0.415 e. The molecule has 0 N–H and O–H groups in total. The zero-order chi connectivity index (χ0) is 17.0. The summed E-state index contributed by atoms with van der Waals surface area (Å²) >= 11 is 0. The molecule has 0 amide bonds. The summed E-state index contributed by atoms with van der Waals surface area (Å²) in [6, 6.07) is 0. The molecular weight excluding hydrogens is 316 g/mol. The molecule has 0 aromatic carbocycles. The van der Waals surface area contributed by atoms with Gasteiger partial charge in [-0.3, -0.25) is 19.2 Å². The molecule has 10 heteroatoms. The number of hydrogen-bond donors (Lipinski definition) is 0. The Morgan fingerprint density at radius 1 is 0.696 bits per heavy atom. The van der Waals surface area contributed by atoms with Crippen LogP contribution >= 0.6 is 0 Å². The lowest BCUT2D eigenvalue weighted by atomic mass is 10.3. The molecule has 0 radical (unpaired) electrons. The van der Waals surface area contributed by atoms with Gasteiger partial charge in [-0.1, -0.05) is 0 Å². The fraction of sp³-hybridized carbons (Fsp3) is 0.538. The van der Waals surface area contributed by atoms with E-state index in [0.29, 0.717) is 0 Å². The molecule has 0 aliphatic heterocycles. The zero-order valence-electron chi connectivity index (χ0n) is 11.8. The van der Waals surface area contributed by atoms with Crippen LogP contribution in [0.15, 0.2) is 0 Å². The summed E-state index contributed by atoms with van der Waals surface area (Å²) < 4.78 is 17.6. The van der Waals surface area contributed by atoms with Crippen molar-refractivity contribution in [2.24, 2.45) is 0 Å². The monoisotopic (exact) mass is 328 g/mol. The molecular formula is C13H12O10. The molecule has 124 valence electrons. The van der Waals surface area contributed by atoms with E-state index in [9.17, 15) is 28.8 Å². The fourth-order valence-corrected chi connectivity index (χ4v) is 2.03. The highest BCUT2D eigenvalue weighted by atomic mass is 16.8.